The van der Waals surface area contributed by atoms with Crippen molar-refractivity contribution >= 4 is 28.6 Å². The van der Waals surface area contributed by atoms with Gasteiger partial charge in [0.2, 0.25) is 5.91 Å². The van der Waals surface area contributed by atoms with Crippen LogP contribution in [0.1, 0.15) is 29.2 Å². The van der Waals surface area contributed by atoms with E-state index in [0.29, 0.717) is 5.69 Å². The van der Waals surface area contributed by atoms with Crippen molar-refractivity contribution in [1.29, 1.82) is 0 Å². The molecule has 0 fully saturated rings. The Kier molecular flexibility index (Phi) is 3.44. The molecular weight excluding hydrogens is 270 g/mol. The van der Waals surface area contributed by atoms with E-state index < -0.39 is 0 Å². The molecule has 1 aliphatic rings. The first-order chi connectivity index (χ1) is 9.68. The number of nitrogens with zero attached hydrogens (tertiary/aromatic N) is 2. The lowest BCUT2D eigenvalue weighted by molar-refractivity contribution is -0.120. The van der Waals surface area contributed by atoms with Gasteiger partial charge in [-0.2, -0.15) is 0 Å². The van der Waals surface area contributed by atoms with Crippen molar-refractivity contribution in [2.75, 3.05) is 17.7 Å². The van der Waals surface area contributed by atoms with Crippen LogP contribution in [0.4, 0.5) is 11.4 Å². The molecule has 2 N–H and O–H groups in total. The lowest BCUT2D eigenvalue weighted by Crippen LogP contribution is -2.33. The van der Waals surface area contributed by atoms with E-state index in [4.69, 9.17) is 5.73 Å². The maximum absolute atomic E-state index is 12.8. The third-order valence-corrected chi connectivity index (χ3v) is 4.87. The number of thiophene rings is 1. The average Bonchev–Trinajstić information content (AvgIpc) is 2.94. The number of rotatable bonds is 2. The minimum Gasteiger partial charge on any atom is -0.396 e. The average molecular weight is 287 g/mol. The van der Waals surface area contributed by atoms with E-state index in [0.717, 1.165) is 24.9 Å². The van der Waals surface area contributed by atoms with Crippen molar-refractivity contribution in [2.45, 2.75) is 25.2 Å². The van der Waals surface area contributed by atoms with Crippen LogP contribution in [-0.2, 0) is 11.2 Å². The van der Waals surface area contributed by atoms with Crippen molar-refractivity contribution in [1.82, 2.24) is 4.98 Å². The molecule has 0 spiro atoms. The van der Waals surface area contributed by atoms with Gasteiger partial charge in [-0.1, -0.05) is 0 Å². The maximum Gasteiger partial charge on any atom is 0.234 e. The quantitative estimate of drug-likeness (QED) is 0.924. The second-order valence-electron chi connectivity index (χ2n) is 5.08. The number of carbonyl (C=O) groups is 1. The fraction of sp³-hybridized carbons (Fsp3) is 0.333. The van der Waals surface area contributed by atoms with Crippen LogP contribution in [0.5, 0.6) is 0 Å². The summed E-state index contributed by atoms with van der Waals surface area (Å²) in [5.74, 6) is 0.0739. The molecule has 1 aliphatic carbocycles. The number of anilines is 2. The summed E-state index contributed by atoms with van der Waals surface area (Å²) in [5.41, 5.74) is 8.37. The van der Waals surface area contributed by atoms with Crippen LogP contribution in [0.25, 0.3) is 0 Å². The third-order valence-electron chi connectivity index (χ3n) is 3.87. The molecule has 3 rings (SSSR count). The molecule has 0 bridgehead atoms. The molecule has 2 aromatic heterocycles. The second-order valence-corrected chi connectivity index (χ2v) is 6.08. The zero-order valence-electron chi connectivity index (χ0n) is 11.4. The van der Waals surface area contributed by atoms with Crippen LogP contribution >= 0.6 is 11.3 Å². The molecule has 5 heteroatoms. The van der Waals surface area contributed by atoms with E-state index >= 15 is 0 Å². The van der Waals surface area contributed by atoms with Gasteiger partial charge in [0, 0.05) is 18.1 Å². The normalized spacial score (nSPS) is 17.6. The topological polar surface area (TPSA) is 59.2 Å². The molecule has 1 amide bonds. The summed E-state index contributed by atoms with van der Waals surface area (Å²) < 4.78 is 0. The molecule has 20 heavy (non-hydrogen) atoms. The zero-order valence-corrected chi connectivity index (χ0v) is 12.2. The number of pyridine rings is 1. The number of amides is 1. The Hall–Kier alpha value is -1.88. The van der Waals surface area contributed by atoms with Gasteiger partial charge in [-0.15, -0.1) is 11.3 Å². The summed E-state index contributed by atoms with van der Waals surface area (Å²) in [6, 6.07) is 3.87. The number of carbonyl (C=O) groups excluding carboxylic acids is 1. The molecule has 0 radical (unpaired) electrons. The smallest absolute Gasteiger partial charge is 0.234 e. The van der Waals surface area contributed by atoms with Crippen molar-refractivity contribution in [3.05, 3.63) is 40.3 Å². The monoisotopic (exact) mass is 287 g/mol. The highest BCUT2D eigenvalue weighted by molar-refractivity contribution is 7.10. The molecule has 104 valence electrons. The molecule has 4 nitrogen and oxygen atoms in total. The lowest BCUT2D eigenvalue weighted by atomic mass is 9.86. The minimum absolute atomic E-state index is 0.0393. The third kappa shape index (κ3) is 2.18. The van der Waals surface area contributed by atoms with Crippen molar-refractivity contribution in [3.63, 3.8) is 0 Å². The molecule has 0 saturated carbocycles. The van der Waals surface area contributed by atoms with Crippen LogP contribution in [0.15, 0.2) is 29.9 Å². The van der Waals surface area contributed by atoms with Gasteiger partial charge >= 0.3 is 0 Å². The van der Waals surface area contributed by atoms with Gasteiger partial charge in [0.1, 0.15) is 0 Å². The number of likely N-dealkylation sites (N-methyl/N-ethyl adjacent to an activating group) is 1. The van der Waals surface area contributed by atoms with Gasteiger partial charge in [0.25, 0.3) is 0 Å². The highest BCUT2D eigenvalue weighted by Gasteiger charge is 2.30. The second kappa shape index (κ2) is 5.25. The number of nitrogen functional groups attached to an aromatic ring is 1. The lowest BCUT2D eigenvalue weighted by Gasteiger charge is -2.27. The molecule has 2 heterocycles. The fourth-order valence-corrected chi connectivity index (χ4v) is 3.79. The van der Waals surface area contributed by atoms with Gasteiger partial charge in [-0.05, 0) is 42.3 Å². The number of aryl methyl sites for hydroxylation is 1. The van der Waals surface area contributed by atoms with E-state index in [1.165, 1.54) is 10.4 Å². The molecule has 1 unspecified atom stereocenters. The van der Waals surface area contributed by atoms with E-state index in [1.54, 1.807) is 41.7 Å². The summed E-state index contributed by atoms with van der Waals surface area (Å²) in [6.07, 6.45) is 6.32. The summed E-state index contributed by atoms with van der Waals surface area (Å²) in [6.45, 7) is 0. The Morgan fingerprint density at radius 3 is 3.15 bits per heavy atom. The number of aromatic nitrogens is 1. The molecule has 0 aliphatic heterocycles. The standard InChI is InChI=1S/C15H17N3OS/c1-18(13-5-7-17-9-12(13)16)15(19)11-3-2-4-14-10(11)6-8-20-14/h5-9,11H,2-4,16H2,1H3. The van der Waals surface area contributed by atoms with Crippen LogP contribution < -0.4 is 10.6 Å². The predicted octanol–water partition coefficient (Wildman–Crippen LogP) is 2.81. The Morgan fingerprint density at radius 2 is 2.35 bits per heavy atom. The van der Waals surface area contributed by atoms with E-state index in [2.05, 4.69) is 16.4 Å². The van der Waals surface area contributed by atoms with Crippen LogP contribution in [-0.4, -0.2) is 17.9 Å². The summed E-state index contributed by atoms with van der Waals surface area (Å²) in [4.78, 5) is 19.7. The van der Waals surface area contributed by atoms with Gasteiger partial charge in [0.15, 0.2) is 0 Å². The highest BCUT2D eigenvalue weighted by Crippen LogP contribution is 2.37. The van der Waals surface area contributed by atoms with Crippen LogP contribution in [0.2, 0.25) is 0 Å². The zero-order chi connectivity index (χ0) is 14.1. The first-order valence-electron chi connectivity index (χ1n) is 6.72. The molecular formula is C15H17N3OS. The maximum atomic E-state index is 12.8. The van der Waals surface area contributed by atoms with Crippen molar-refractivity contribution in [3.8, 4) is 0 Å². The first kappa shape index (κ1) is 13.1. The Balaban J connectivity index is 1.89. The van der Waals surface area contributed by atoms with Crippen LogP contribution in [0, 0.1) is 0 Å². The van der Waals surface area contributed by atoms with Gasteiger partial charge < -0.3 is 10.6 Å². The van der Waals surface area contributed by atoms with Crippen molar-refractivity contribution in [2.24, 2.45) is 0 Å². The summed E-state index contributed by atoms with van der Waals surface area (Å²) in [5, 5.41) is 2.08. The van der Waals surface area contributed by atoms with Gasteiger partial charge in [-0.25, -0.2) is 0 Å². The highest BCUT2D eigenvalue weighted by atomic mass is 32.1. The molecule has 0 saturated heterocycles. The molecule has 0 aromatic carbocycles. The van der Waals surface area contributed by atoms with E-state index in [-0.39, 0.29) is 11.8 Å². The van der Waals surface area contributed by atoms with Crippen LogP contribution in [0.3, 0.4) is 0 Å². The Bertz CT molecular complexity index is 638. The number of fused-ring (bicyclic) bond motifs is 1. The predicted molar refractivity (Wildman–Crippen MR) is 82.1 cm³/mol. The first-order valence-corrected chi connectivity index (χ1v) is 7.59. The fourth-order valence-electron chi connectivity index (χ4n) is 2.80. The summed E-state index contributed by atoms with van der Waals surface area (Å²) in [7, 11) is 1.79. The largest absolute Gasteiger partial charge is 0.396 e. The molecule has 2 aromatic rings. The van der Waals surface area contributed by atoms with Crippen molar-refractivity contribution < 1.29 is 4.79 Å². The SMILES string of the molecule is CN(C(=O)C1CCCc2sccc21)c1ccncc1N. The van der Waals surface area contributed by atoms with Gasteiger partial charge in [0.05, 0.1) is 23.5 Å². The van der Waals surface area contributed by atoms with E-state index in [1.807, 2.05) is 0 Å². The number of nitrogens with two attached hydrogens (primary N) is 1. The Morgan fingerprint density at radius 1 is 1.50 bits per heavy atom. The van der Waals surface area contributed by atoms with Gasteiger partial charge in [-0.3, -0.25) is 9.78 Å². The summed E-state index contributed by atoms with van der Waals surface area (Å²) >= 11 is 1.75. The minimum atomic E-state index is -0.0393. The number of hydrogen-bond acceptors (Lipinski definition) is 4. The molecule has 1 atom stereocenters. The Labute approximate surface area is 122 Å². The number of hydrogen-bond donors (Lipinski definition) is 1. The van der Waals surface area contributed by atoms with E-state index in [9.17, 15) is 4.79 Å².